The van der Waals surface area contributed by atoms with Crippen LogP contribution in [0, 0.1) is 0 Å². The molecule has 2 N–H and O–H groups in total. The van der Waals surface area contributed by atoms with E-state index >= 15 is 0 Å². The molecule has 1 aliphatic carbocycles. The van der Waals surface area contributed by atoms with Crippen LogP contribution in [0.25, 0.3) is 5.57 Å². The van der Waals surface area contributed by atoms with E-state index in [1.54, 1.807) is 0 Å². The van der Waals surface area contributed by atoms with Crippen LogP contribution in [0.3, 0.4) is 0 Å². The summed E-state index contributed by atoms with van der Waals surface area (Å²) < 4.78 is 2.21. The van der Waals surface area contributed by atoms with Crippen molar-refractivity contribution < 1.29 is 0 Å². The lowest BCUT2D eigenvalue weighted by Crippen LogP contribution is -2.00. The second-order valence-electron chi connectivity index (χ2n) is 4.40. The molecule has 4 nitrogen and oxygen atoms in total. The summed E-state index contributed by atoms with van der Waals surface area (Å²) in [7, 11) is 0. The predicted molar refractivity (Wildman–Crippen MR) is 69.4 cm³/mol. The Morgan fingerprint density at radius 2 is 2.41 bits per heavy atom. The second-order valence-corrected chi connectivity index (χ2v) is 4.40. The fraction of sp³-hybridized carbons (Fsp3) is 0.538. The van der Waals surface area contributed by atoms with Gasteiger partial charge in [-0.3, -0.25) is 0 Å². The third-order valence-electron chi connectivity index (χ3n) is 2.89. The molecule has 1 aromatic rings. The van der Waals surface area contributed by atoms with Crippen molar-refractivity contribution in [2.45, 2.75) is 38.6 Å². The molecule has 1 aromatic heterocycles. The summed E-state index contributed by atoms with van der Waals surface area (Å²) in [4.78, 5) is 0. The van der Waals surface area contributed by atoms with Gasteiger partial charge in [0.1, 0.15) is 6.33 Å². The van der Waals surface area contributed by atoms with Gasteiger partial charge in [0.25, 0.3) is 0 Å². The molecular weight excluding hydrogens is 212 g/mol. The summed E-state index contributed by atoms with van der Waals surface area (Å²) in [5.41, 5.74) is 6.70. The SMILES string of the molecule is CCC/C(=C\C=C/CN)c1nncn1C1CC1. The summed E-state index contributed by atoms with van der Waals surface area (Å²) in [6, 6.07) is 0.624. The lowest BCUT2D eigenvalue weighted by molar-refractivity contribution is 0.721. The zero-order chi connectivity index (χ0) is 12.1. The van der Waals surface area contributed by atoms with Crippen molar-refractivity contribution in [2.75, 3.05) is 6.54 Å². The topological polar surface area (TPSA) is 56.7 Å². The number of hydrogen-bond acceptors (Lipinski definition) is 3. The molecule has 1 saturated carbocycles. The van der Waals surface area contributed by atoms with E-state index in [1.807, 2.05) is 18.5 Å². The van der Waals surface area contributed by atoms with Gasteiger partial charge in [0, 0.05) is 12.6 Å². The third-order valence-corrected chi connectivity index (χ3v) is 2.89. The van der Waals surface area contributed by atoms with Crippen molar-refractivity contribution in [3.8, 4) is 0 Å². The zero-order valence-electron chi connectivity index (χ0n) is 10.3. The van der Waals surface area contributed by atoms with Crippen LogP contribution in [0.15, 0.2) is 24.6 Å². The van der Waals surface area contributed by atoms with Crippen molar-refractivity contribution in [3.63, 3.8) is 0 Å². The molecule has 0 spiro atoms. The molecule has 0 amide bonds. The van der Waals surface area contributed by atoms with Crippen molar-refractivity contribution in [1.29, 1.82) is 0 Å². The van der Waals surface area contributed by atoms with Gasteiger partial charge in [0.05, 0.1) is 0 Å². The highest BCUT2D eigenvalue weighted by Crippen LogP contribution is 2.37. The number of nitrogens with two attached hydrogens (primary N) is 1. The lowest BCUT2D eigenvalue weighted by atomic mass is 10.1. The maximum absolute atomic E-state index is 5.45. The van der Waals surface area contributed by atoms with E-state index in [9.17, 15) is 0 Å². The summed E-state index contributed by atoms with van der Waals surface area (Å²) >= 11 is 0. The minimum atomic E-state index is 0.575. The smallest absolute Gasteiger partial charge is 0.159 e. The quantitative estimate of drug-likeness (QED) is 0.766. The Labute approximate surface area is 102 Å². The van der Waals surface area contributed by atoms with E-state index in [4.69, 9.17) is 5.73 Å². The lowest BCUT2D eigenvalue weighted by Gasteiger charge is -2.07. The zero-order valence-corrected chi connectivity index (χ0v) is 10.3. The van der Waals surface area contributed by atoms with Crippen LogP contribution in [-0.4, -0.2) is 21.3 Å². The van der Waals surface area contributed by atoms with Gasteiger partial charge in [-0.05, 0) is 24.8 Å². The standard InChI is InChI=1S/C13H20N4/c1-2-5-11(6-3-4-9-14)13-16-15-10-17(13)12-7-8-12/h3-4,6,10,12H,2,5,7-9,14H2,1H3/b4-3-,11-6+. The molecule has 1 heterocycles. The first-order chi connectivity index (χ1) is 8.36. The van der Waals surface area contributed by atoms with Crippen molar-refractivity contribution in [1.82, 2.24) is 14.8 Å². The molecule has 0 radical (unpaired) electrons. The largest absolute Gasteiger partial charge is 0.327 e. The molecule has 1 fully saturated rings. The summed E-state index contributed by atoms with van der Waals surface area (Å²) in [6.07, 6.45) is 12.6. The van der Waals surface area contributed by atoms with Crippen molar-refractivity contribution >= 4 is 5.57 Å². The Kier molecular flexibility index (Phi) is 4.09. The minimum absolute atomic E-state index is 0.575. The highest BCUT2D eigenvalue weighted by molar-refractivity contribution is 5.61. The Bertz CT molecular complexity index is 413. The molecule has 0 aromatic carbocycles. The summed E-state index contributed by atoms with van der Waals surface area (Å²) in [6.45, 7) is 2.75. The number of nitrogens with zero attached hydrogens (tertiary/aromatic N) is 3. The van der Waals surface area contributed by atoms with Crippen LogP contribution >= 0.6 is 0 Å². The number of aromatic nitrogens is 3. The first kappa shape index (κ1) is 12.0. The van der Waals surface area contributed by atoms with Crippen LogP contribution in [0.2, 0.25) is 0 Å². The van der Waals surface area contributed by atoms with Crippen LogP contribution in [0.4, 0.5) is 0 Å². The monoisotopic (exact) mass is 232 g/mol. The number of rotatable bonds is 6. The highest BCUT2D eigenvalue weighted by Gasteiger charge is 2.26. The Morgan fingerprint density at radius 1 is 1.59 bits per heavy atom. The normalized spacial score (nSPS) is 16.9. The van der Waals surface area contributed by atoms with Gasteiger partial charge in [-0.2, -0.15) is 0 Å². The van der Waals surface area contributed by atoms with E-state index in [0.717, 1.165) is 18.7 Å². The highest BCUT2D eigenvalue weighted by atomic mass is 15.3. The van der Waals surface area contributed by atoms with Crippen LogP contribution in [0.5, 0.6) is 0 Å². The first-order valence-electron chi connectivity index (χ1n) is 6.32. The summed E-state index contributed by atoms with van der Waals surface area (Å²) in [5.74, 6) is 1.02. The van der Waals surface area contributed by atoms with Gasteiger partial charge >= 0.3 is 0 Å². The average Bonchev–Trinajstić information content (AvgIpc) is 3.06. The predicted octanol–water partition coefficient (Wildman–Crippen LogP) is 2.31. The molecule has 0 unspecified atom stereocenters. The van der Waals surface area contributed by atoms with E-state index in [-0.39, 0.29) is 0 Å². The molecule has 17 heavy (non-hydrogen) atoms. The molecule has 0 aliphatic heterocycles. The fourth-order valence-corrected chi connectivity index (χ4v) is 1.89. The van der Waals surface area contributed by atoms with Gasteiger partial charge in [0.2, 0.25) is 0 Å². The average molecular weight is 232 g/mol. The Hall–Kier alpha value is -1.42. The Balaban J connectivity index is 2.21. The maximum Gasteiger partial charge on any atom is 0.159 e. The first-order valence-corrected chi connectivity index (χ1v) is 6.32. The fourth-order valence-electron chi connectivity index (χ4n) is 1.89. The van der Waals surface area contributed by atoms with Gasteiger partial charge in [0.15, 0.2) is 5.82 Å². The van der Waals surface area contributed by atoms with Gasteiger partial charge in [-0.25, -0.2) is 0 Å². The minimum Gasteiger partial charge on any atom is -0.327 e. The molecule has 2 rings (SSSR count). The van der Waals surface area contributed by atoms with E-state index < -0.39 is 0 Å². The van der Waals surface area contributed by atoms with E-state index in [1.165, 1.54) is 18.4 Å². The van der Waals surface area contributed by atoms with Crippen LogP contribution < -0.4 is 5.73 Å². The third kappa shape index (κ3) is 3.03. The molecular formula is C13H20N4. The maximum atomic E-state index is 5.45. The van der Waals surface area contributed by atoms with E-state index in [0.29, 0.717) is 12.6 Å². The molecule has 4 heteroatoms. The number of allylic oxidation sites excluding steroid dienone is 3. The van der Waals surface area contributed by atoms with Gasteiger partial charge in [-0.1, -0.05) is 31.6 Å². The van der Waals surface area contributed by atoms with Crippen molar-refractivity contribution in [2.24, 2.45) is 5.73 Å². The van der Waals surface area contributed by atoms with Gasteiger partial charge in [-0.15, -0.1) is 10.2 Å². The second kappa shape index (κ2) is 5.77. The van der Waals surface area contributed by atoms with Crippen molar-refractivity contribution in [3.05, 3.63) is 30.4 Å². The molecule has 0 atom stereocenters. The number of hydrogen-bond donors (Lipinski definition) is 1. The Morgan fingerprint density at radius 3 is 3.06 bits per heavy atom. The van der Waals surface area contributed by atoms with Gasteiger partial charge < -0.3 is 10.3 Å². The molecule has 1 aliphatic rings. The van der Waals surface area contributed by atoms with E-state index in [2.05, 4.69) is 27.8 Å². The molecule has 0 saturated heterocycles. The molecule has 0 bridgehead atoms. The molecule has 92 valence electrons. The summed E-state index contributed by atoms with van der Waals surface area (Å²) in [5, 5.41) is 8.29. The van der Waals surface area contributed by atoms with Crippen LogP contribution in [-0.2, 0) is 0 Å². The van der Waals surface area contributed by atoms with Crippen LogP contribution in [0.1, 0.15) is 44.5 Å².